The summed E-state index contributed by atoms with van der Waals surface area (Å²) in [5.41, 5.74) is -0.908. The van der Waals surface area contributed by atoms with Gasteiger partial charge in [0, 0.05) is 19.5 Å². The number of nitrogens with one attached hydrogen (secondary N) is 1. The van der Waals surface area contributed by atoms with E-state index in [1.54, 1.807) is 18.7 Å². The van der Waals surface area contributed by atoms with Crippen molar-refractivity contribution in [3.05, 3.63) is 0 Å². The maximum absolute atomic E-state index is 12.0. The quantitative estimate of drug-likeness (QED) is 0.705. The van der Waals surface area contributed by atoms with E-state index in [-0.39, 0.29) is 18.4 Å². The van der Waals surface area contributed by atoms with Crippen LogP contribution in [0.2, 0.25) is 0 Å². The van der Waals surface area contributed by atoms with E-state index < -0.39 is 11.6 Å². The number of amides is 2. The van der Waals surface area contributed by atoms with Gasteiger partial charge in [-0.2, -0.15) is 0 Å². The van der Waals surface area contributed by atoms with Gasteiger partial charge >= 0.3 is 0 Å². The van der Waals surface area contributed by atoms with Crippen molar-refractivity contribution in [1.82, 2.24) is 10.2 Å². The van der Waals surface area contributed by atoms with Crippen molar-refractivity contribution in [3.63, 3.8) is 0 Å². The van der Waals surface area contributed by atoms with Crippen LogP contribution in [0.1, 0.15) is 33.6 Å². The van der Waals surface area contributed by atoms with Gasteiger partial charge in [0.15, 0.2) is 0 Å². The van der Waals surface area contributed by atoms with E-state index in [1.165, 1.54) is 0 Å². The maximum atomic E-state index is 12.0. The first-order valence-electron chi connectivity index (χ1n) is 5.64. The number of carbonyl (C=O) groups is 2. The Kier molecular flexibility index (Phi) is 3.91. The lowest BCUT2D eigenvalue weighted by Crippen LogP contribution is -2.49. The Morgan fingerprint density at radius 3 is 2.62 bits per heavy atom. The van der Waals surface area contributed by atoms with Crippen molar-refractivity contribution in [2.45, 2.75) is 45.3 Å². The van der Waals surface area contributed by atoms with Crippen LogP contribution in [-0.2, 0) is 9.59 Å². The first-order chi connectivity index (χ1) is 7.33. The molecule has 5 heteroatoms. The highest BCUT2D eigenvalue weighted by molar-refractivity contribution is 5.90. The molecule has 5 nitrogen and oxygen atoms in total. The lowest BCUT2D eigenvalue weighted by molar-refractivity contribution is -0.136. The summed E-state index contributed by atoms with van der Waals surface area (Å²) in [4.78, 5) is 24.6. The SMILES string of the molecule is CCN(CC(C)(C)O)C(=O)[C@H]1CCC(=O)N1. The molecule has 1 heterocycles. The molecule has 1 rings (SSSR count). The lowest BCUT2D eigenvalue weighted by atomic mass is 10.1. The molecule has 92 valence electrons. The van der Waals surface area contributed by atoms with Gasteiger partial charge in [0.05, 0.1) is 5.60 Å². The van der Waals surface area contributed by atoms with E-state index in [1.807, 2.05) is 6.92 Å². The standard InChI is InChI=1S/C11H20N2O3/c1-4-13(7-11(2,3)16)10(15)8-5-6-9(14)12-8/h8,16H,4-7H2,1-3H3,(H,12,14)/t8-/m1/s1. The van der Waals surface area contributed by atoms with Crippen molar-refractivity contribution >= 4 is 11.8 Å². The van der Waals surface area contributed by atoms with Gasteiger partial charge in [-0.25, -0.2) is 0 Å². The fraction of sp³-hybridized carbons (Fsp3) is 0.818. The van der Waals surface area contributed by atoms with Crippen molar-refractivity contribution in [3.8, 4) is 0 Å². The molecule has 16 heavy (non-hydrogen) atoms. The van der Waals surface area contributed by atoms with E-state index >= 15 is 0 Å². The highest BCUT2D eigenvalue weighted by Crippen LogP contribution is 2.12. The third-order valence-corrected chi connectivity index (χ3v) is 2.56. The van der Waals surface area contributed by atoms with Gasteiger partial charge in [-0.05, 0) is 27.2 Å². The molecular formula is C11H20N2O3. The van der Waals surface area contributed by atoms with Crippen LogP contribution in [0.5, 0.6) is 0 Å². The third-order valence-electron chi connectivity index (χ3n) is 2.56. The van der Waals surface area contributed by atoms with E-state index in [9.17, 15) is 14.7 Å². The fourth-order valence-corrected chi connectivity index (χ4v) is 1.83. The average molecular weight is 228 g/mol. The van der Waals surface area contributed by atoms with Crippen LogP contribution in [0.15, 0.2) is 0 Å². The molecule has 0 aliphatic carbocycles. The fourth-order valence-electron chi connectivity index (χ4n) is 1.83. The molecule has 1 saturated heterocycles. The van der Waals surface area contributed by atoms with Gasteiger partial charge in [-0.15, -0.1) is 0 Å². The molecule has 2 amide bonds. The van der Waals surface area contributed by atoms with Crippen LogP contribution in [0, 0.1) is 0 Å². The van der Waals surface area contributed by atoms with Gasteiger partial charge in [0.2, 0.25) is 11.8 Å². The minimum atomic E-state index is -0.908. The minimum absolute atomic E-state index is 0.0716. The number of likely N-dealkylation sites (N-methyl/N-ethyl adjacent to an activating group) is 1. The Bertz CT molecular complexity index is 283. The zero-order chi connectivity index (χ0) is 12.3. The zero-order valence-electron chi connectivity index (χ0n) is 10.1. The van der Waals surface area contributed by atoms with E-state index in [0.29, 0.717) is 19.4 Å². The monoisotopic (exact) mass is 228 g/mol. The summed E-state index contributed by atoms with van der Waals surface area (Å²) in [6.07, 6.45) is 0.969. The van der Waals surface area contributed by atoms with Gasteiger partial charge < -0.3 is 15.3 Å². The highest BCUT2D eigenvalue weighted by Gasteiger charge is 2.31. The summed E-state index contributed by atoms with van der Waals surface area (Å²) in [6.45, 7) is 6.01. The summed E-state index contributed by atoms with van der Waals surface area (Å²) in [5.74, 6) is -0.173. The Hall–Kier alpha value is -1.10. The van der Waals surface area contributed by atoms with Gasteiger partial charge in [0.1, 0.15) is 6.04 Å². The summed E-state index contributed by atoms with van der Waals surface area (Å²) in [6, 6.07) is -0.408. The van der Waals surface area contributed by atoms with E-state index in [4.69, 9.17) is 0 Å². The molecule has 2 N–H and O–H groups in total. The predicted octanol–water partition coefficient (Wildman–Crippen LogP) is -0.116. The third kappa shape index (κ3) is 3.48. The average Bonchev–Trinajstić information content (AvgIpc) is 2.58. The van der Waals surface area contributed by atoms with Crippen LogP contribution in [-0.4, -0.2) is 46.6 Å². The van der Waals surface area contributed by atoms with Crippen molar-refractivity contribution < 1.29 is 14.7 Å². The number of aliphatic hydroxyl groups is 1. The Balaban J connectivity index is 2.59. The van der Waals surface area contributed by atoms with Gasteiger partial charge in [-0.3, -0.25) is 9.59 Å². The first kappa shape index (κ1) is 13.0. The second kappa shape index (κ2) is 4.82. The summed E-state index contributed by atoms with van der Waals surface area (Å²) >= 11 is 0. The minimum Gasteiger partial charge on any atom is -0.389 e. The van der Waals surface area contributed by atoms with Gasteiger partial charge in [0.25, 0.3) is 0 Å². The maximum Gasteiger partial charge on any atom is 0.245 e. The molecule has 0 bridgehead atoms. The molecular weight excluding hydrogens is 208 g/mol. The molecule has 0 aromatic carbocycles. The largest absolute Gasteiger partial charge is 0.389 e. The second-order valence-corrected chi connectivity index (χ2v) is 4.82. The van der Waals surface area contributed by atoms with Crippen molar-refractivity contribution in [2.75, 3.05) is 13.1 Å². The van der Waals surface area contributed by atoms with E-state index in [2.05, 4.69) is 5.32 Å². The highest BCUT2D eigenvalue weighted by atomic mass is 16.3. The van der Waals surface area contributed by atoms with Crippen LogP contribution in [0.25, 0.3) is 0 Å². The van der Waals surface area contributed by atoms with Crippen molar-refractivity contribution in [1.29, 1.82) is 0 Å². The first-order valence-corrected chi connectivity index (χ1v) is 5.64. The summed E-state index contributed by atoms with van der Waals surface area (Å²) in [5, 5.41) is 12.3. The van der Waals surface area contributed by atoms with E-state index in [0.717, 1.165) is 0 Å². The van der Waals surface area contributed by atoms with Crippen LogP contribution < -0.4 is 5.32 Å². The Morgan fingerprint density at radius 1 is 1.62 bits per heavy atom. The molecule has 1 fully saturated rings. The zero-order valence-corrected chi connectivity index (χ0v) is 10.1. The summed E-state index contributed by atoms with van der Waals surface area (Å²) < 4.78 is 0. The molecule has 0 unspecified atom stereocenters. The molecule has 1 aliphatic rings. The van der Waals surface area contributed by atoms with Crippen LogP contribution >= 0.6 is 0 Å². The molecule has 0 aromatic rings. The smallest absolute Gasteiger partial charge is 0.245 e. The van der Waals surface area contributed by atoms with Gasteiger partial charge in [-0.1, -0.05) is 0 Å². The molecule has 0 aromatic heterocycles. The molecule has 1 atom stereocenters. The normalized spacial score (nSPS) is 20.8. The number of hydrogen-bond donors (Lipinski definition) is 2. The topological polar surface area (TPSA) is 69.6 Å². The number of rotatable bonds is 4. The Labute approximate surface area is 95.8 Å². The number of nitrogens with zero attached hydrogens (tertiary/aromatic N) is 1. The second-order valence-electron chi connectivity index (χ2n) is 4.82. The Morgan fingerprint density at radius 2 is 2.25 bits per heavy atom. The van der Waals surface area contributed by atoms with Crippen molar-refractivity contribution in [2.24, 2.45) is 0 Å². The van der Waals surface area contributed by atoms with Crippen LogP contribution in [0.3, 0.4) is 0 Å². The van der Waals surface area contributed by atoms with Crippen LogP contribution in [0.4, 0.5) is 0 Å². The molecule has 0 radical (unpaired) electrons. The predicted molar refractivity (Wildman–Crippen MR) is 59.7 cm³/mol. The summed E-state index contributed by atoms with van der Waals surface area (Å²) in [7, 11) is 0. The molecule has 0 spiro atoms. The number of hydrogen-bond acceptors (Lipinski definition) is 3. The lowest BCUT2D eigenvalue weighted by Gasteiger charge is -2.29. The number of carbonyl (C=O) groups excluding carboxylic acids is 2. The molecule has 0 saturated carbocycles. The molecule has 1 aliphatic heterocycles.